The van der Waals surface area contributed by atoms with Crippen molar-refractivity contribution in [2.45, 2.75) is 0 Å². The van der Waals surface area contributed by atoms with Gasteiger partial charge in [0.15, 0.2) is 0 Å². The Labute approximate surface area is 154 Å². The zero-order valence-corrected chi connectivity index (χ0v) is 14.9. The molecule has 0 radical (unpaired) electrons. The molecule has 1 aliphatic rings. The van der Waals surface area contributed by atoms with E-state index in [4.69, 9.17) is 4.74 Å². The third-order valence-electron chi connectivity index (χ3n) is 4.86. The molecule has 0 bridgehead atoms. The van der Waals surface area contributed by atoms with Gasteiger partial charge in [-0.15, -0.1) is 0 Å². The van der Waals surface area contributed by atoms with Crippen LogP contribution in [-0.4, -0.2) is 46.5 Å². The Morgan fingerprint density at radius 1 is 1.12 bits per heavy atom. The normalized spacial score (nSPS) is 15.0. The quantitative estimate of drug-likeness (QED) is 0.546. The number of hydrogen-bond acceptors (Lipinski definition) is 4. The molecule has 130 valence electrons. The fourth-order valence-electron chi connectivity index (χ4n) is 3.54. The molecular weight excluding hydrogens is 346 g/mol. The standard InChI is InChI=1S/C20H17N3O2S/c24-20(22-6-8-25-9-7-22)17-12-23-18(16-4-2-1-3-15(16)17)11-21-19(23)14-5-10-26-13-14/h1-5,10-13H,6-9H2. The van der Waals surface area contributed by atoms with E-state index in [2.05, 4.69) is 22.5 Å². The number of thiophene rings is 1. The fourth-order valence-corrected chi connectivity index (χ4v) is 4.18. The smallest absolute Gasteiger partial charge is 0.256 e. The molecule has 0 spiro atoms. The number of nitrogens with zero attached hydrogens (tertiary/aromatic N) is 3. The number of carbonyl (C=O) groups is 1. The Kier molecular flexibility index (Phi) is 3.72. The minimum atomic E-state index is 0.0522. The average molecular weight is 363 g/mol. The number of ether oxygens (including phenoxy) is 1. The number of fused-ring (bicyclic) bond motifs is 3. The van der Waals surface area contributed by atoms with Crippen molar-refractivity contribution < 1.29 is 9.53 Å². The summed E-state index contributed by atoms with van der Waals surface area (Å²) in [5.41, 5.74) is 2.79. The number of rotatable bonds is 2. The van der Waals surface area contributed by atoms with E-state index in [9.17, 15) is 4.79 Å². The molecule has 0 aliphatic carbocycles. The Hall–Kier alpha value is -2.70. The molecule has 0 saturated carbocycles. The van der Waals surface area contributed by atoms with Gasteiger partial charge in [0.05, 0.1) is 30.5 Å². The van der Waals surface area contributed by atoms with Crippen molar-refractivity contribution >= 4 is 33.5 Å². The second-order valence-corrected chi connectivity index (χ2v) is 7.12. The van der Waals surface area contributed by atoms with Gasteiger partial charge in [-0.3, -0.25) is 9.20 Å². The lowest BCUT2D eigenvalue weighted by Gasteiger charge is -2.27. The first-order valence-electron chi connectivity index (χ1n) is 8.61. The van der Waals surface area contributed by atoms with Crippen LogP contribution in [0, 0.1) is 0 Å². The Bertz CT molecular complexity index is 1100. The first-order valence-corrected chi connectivity index (χ1v) is 9.55. The average Bonchev–Trinajstić information content (AvgIpc) is 3.37. The molecule has 4 aromatic rings. The van der Waals surface area contributed by atoms with E-state index in [0.717, 1.165) is 27.7 Å². The van der Waals surface area contributed by atoms with Gasteiger partial charge in [-0.2, -0.15) is 11.3 Å². The summed E-state index contributed by atoms with van der Waals surface area (Å²) in [4.78, 5) is 19.7. The summed E-state index contributed by atoms with van der Waals surface area (Å²) in [5.74, 6) is 0.916. The van der Waals surface area contributed by atoms with Gasteiger partial charge in [-0.25, -0.2) is 4.98 Å². The number of carbonyl (C=O) groups excluding carboxylic acids is 1. The Morgan fingerprint density at radius 3 is 2.69 bits per heavy atom. The maximum atomic E-state index is 13.2. The fraction of sp³-hybridized carbons (Fsp3) is 0.200. The van der Waals surface area contributed by atoms with Crippen molar-refractivity contribution in [3.05, 3.63) is 59.0 Å². The lowest BCUT2D eigenvalue weighted by molar-refractivity contribution is 0.0304. The van der Waals surface area contributed by atoms with Crippen LogP contribution in [0.4, 0.5) is 0 Å². The molecule has 5 rings (SSSR count). The van der Waals surface area contributed by atoms with Crippen LogP contribution in [-0.2, 0) is 4.74 Å². The predicted molar refractivity (Wildman–Crippen MR) is 103 cm³/mol. The molecule has 1 amide bonds. The largest absolute Gasteiger partial charge is 0.378 e. The summed E-state index contributed by atoms with van der Waals surface area (Å²) >= 11 is 1.64. The third-order valence-corrected chi connectivity index (χ3v) is 5.54. The van der Waals surface area contributed by atoms with E-state index in [-0.39, 0.29) is 5.91 Å². The van der Waals surface area contributed by atoms with E-state index in [1.165, 1.54) is 0 Å². The summed E-state index contributed by atoms with van der Waals surface area (Å²) in [6, 6.07) is 10.1. The van der Waals surface area contributed by atoms with Crippen LogP contribution in [0.5, 0.6) is 0 Å². The number of benzene rings is 1. The number of imidazole rings is 1. The highest BCUT2D eigenvalue weighted by Crippen LogP contribution is 2.29. The number of aromatic nitrogens is 2. The zero-order chi connectivity index (χ0) is 17.5. The summed E-state index contributed by atoms with van der Waals surface area (Å²) in [6.07, 6.45) is 3.83. The van der Waals surface area contributed by atoms with E-state index < -0.39 is 0 Å². The van der Waals surface area contributed by atoms with Crippen molar-refractivity contribution in [1.82, 2.24) is 14.3 Å². The predicted octanol–water partition coefficient (Wildman–Crippen LogP) is 3.69. The van der Waals surface area contributed by atoms with E-state index in [0.29, 0.717) is 31.9 Å². The summed E-state index contributed by atoms with van der Waals surface area (Å²) in [6.45, 7) is 2.45. The molecular formula is C20H17N3O2S. The Morgan fingerprint density at radius 2 is 1.92 bits per heavy atom. The Balaban J connectivity index is 1.75. The van der Waals surface area contributed by atoms with E-state index in [1.54, 1.807) is 11.3 Å². The van der Waals surface area contributed by atoms with Crippen LogP contribution in [0.3, 0.4) is 0 Å². The highest BCUT2D eigenvalue weighted by atomic mass is 32.1. The highest BCUT2D eigenvalue weighted by Gasteiger charge is 2.22. The second-order valence-electron chi connectivity index (χ2n) is 6.34. The summed E-state index contributed by atoms with van der Waals surface area (Å²) < 4.78 is 7.43. The maximum Gasteiger partial charge on any atom is 0.256 e. The number of hydrogen-bond donors (Lipinski definition) is 0. The molecule has 5 nitrogen and oxygen atoms in total. The molecule has 0 atom stereocenters. The maximum absolute atomic E-state index is 13.2. The van der Waals surface area contributed by atoms with Gasteiger partial charge < -0.3 is 9.64 Å². The number of pyridine rings is 1. The van der Waals surface area contributed by atoms with Gasteiger partial charge in [0.25, 0.3) is 5.91 Å². The second kappa shape index (κ2) is 6.23. The molecule has 0 unspecified atom stereocenters. The van der Waals surface area contributed by atoms with Crippen LogP contribution in [0.1, 0.15) is 10.4 Å². The van der Waals surface area contributed by atoms with Crippen LogP contribution >= 0.6 is 11.3 Å². The van der Waals surface area contributed by atoms with Gasteiger partial charge in [-0.1, -0.05) is 24.3 Å². The molecule has 1 saturated heterocycles. The molecule has 26 heavy (non-hydrogen) atoms. The molecule has 1 fully saturated rings. The third kappa shape index (κ3) is 2.41. The summed E-state index contributed by atoms with van der Waals surface area (Å²) in [7, 11) is 0. The van der Waals surface area contributed by atoms with Crippen LogP contribution < -0.4 is 0 Å². The molecule has 4 heterocycles. The van der Waals surface area contributed by atoms with Crippen molar-refractivity contribution in [3.8, 4) is 11.4 Å². The first kappa shape index (κ1) is 15.5. The van der Waals surface area contributed by atoms with Crippen LogP contribution in [0.2, 0.25) is 0 Å². The van der Waals surface area contributed by atoms with Gasteiger partial charge in [0, 0.05) is 35.6 Å². The van der Waals surface area contributed by atoms with E-state index in [1.807, 2.05) is 45.3 Å². The number of morpholine rings is 1. The van der Waals surface area contributed by atoms with Crippen molar-refractivity contribution in [1.29, 1.82) is 0 Å². The monoisotopic (exact) mass is 363 g/mol. The van der Waals surface area contributed by atoms with Gasteiger partial charge in [0.1, 0.15) is 5.82 Å². The van der Waals surface area contributed by atoms with E-state index >= 15 is 0 Å². The first-order chi connectivity index (χ1) is 12.8. The lowest BCUT2D eigenvalue weighted by atomic mass is 10.0. The molecule has 6 heteroatoms. The zero-order valence-electron chi connectivity index (χ0n) is 14.1. The van der Waals surface area contributed by atoms with Crippen molar-refractivity contribution in [3.63, 3.8) is 0 Å². The molecule has 3 aromatic heterocycles. The highest BCUT2D eigenvalue weighted by molar-refractivity contribution is 7.08. The summed E-state index contributed by atoms with van der Waals surface area (Å²) in [5, 5.41) is 6.12. The van der Waals surface area contributed by atoms with Crippen molar-refractivity contribution in [2.24, 2.45) is 0 Å². The van der Waals surface area contributed by atoms with Gasteiger partial charge >= 0.3 is 0 Å². The molecule has 0 N–H and O–H groups in total. The van der Waals surface area contributed by atoms with Gasteiger partial charge in [0.2, 0.25) is 0 Å². The van der Waals surface area contributed by atoms with Gasteiger partial charge in [-0.05, 0) is 16.8 Å². The SMILES string of the molecule is O=C(c1cn2c(-c3ccsc3)ncc2c2ccccc12)N1CCOCC1. The number of amides is 1. The van der Waals surface area contributed by atoms with Crippen molar-refractivity contribution in [2.75, 3.05) is 26.3 Å². The molecule has 1 aliphatic heterocycles. The minimum absolute atomic E-state index is 0.0522. The minimum Gasteiger partial charge on any atom is -0.378 e. The van der Waals surface area contributed by atoms with Crippen LogP contribution in [0.25, 0.3) is 27.7 Å². The lowest BCUT2D eigenvalue weighted by Crippen LogP contribution is -2.40. The van der Waals surface area contributed by atoms with Crippen LogP contribution in [0.15, 0.2) is 53.5 Å². The topological polar surface area (TPSA) is 46.8 Å². The molecule has 1 aromatic carbocycles.